The lowest BCUT2D eigenvalue weighted by molar-refractivity contribution is -0.122. The molecule has 0 atom stereocenters. The minimum atomic E-state index is -0.249. The van der Waals surface area contributed by atoms with E-state index in [0.29, 0.717) is 0 Å². The van der Waals surface area contributed by atoms with Gasteiger partial charge in [-0.3, -0.25) is 0 Å². The van der Waals surface area contributed by atoms with Crippen molar-refractivity contribution in [3.8, 4) is 11.1 Å². The molecule has 1 saturated carbocycles. The van der Waals surface area contributed by atoms with Crippen molar-refractivity contribution in [3.63, 3.8) is 0 Å². The lowest BCUT2D eigenvalue weighted by Gasteiger charge is -2.28. The molecule has 0 amide bonds. The van der Waals surface area contributed by atoms with E-state index >= 15 is 0 Å². The number of rotatable bonds is 4. The van der Waals surface area contributed by atoms with Gasteiger partial charge in [-0.1, -0.05) is 67.4 Å². The van der Waals surface area contributed by atoms with E-state index < -0.39 is 0 Å². The van der Waals surface area contributed by atoms with E-state index in [4.69, 9.17) is 4.74 Å². The number of hydrogen-bond donors (Lipinski definition) is 0. The van der Waals surface area contributed by atoms with Gasteiger partial charge in [0.15, 0.2) is 0 Å². The van der Waals surface area contributed by atoms with Crippen LogP contribution in [0, 0.1) is 6.92 Å². The van der Waals surface area contributed by atoms with E-state index in [9.17, 15) is 0 Å². The summed E-state index contributed by atoms with van der Waals surface area (Å²) >= 11 is 0. The highest BCUT2D eigenvalue weighted by molar-refractivity contribution is 5.80. The maximum atomic E-state index is 6.73. The molecule has 2 aliphatic rings. The molecular weight excluding hydrogens is 426 g/mol. The second kappa shape index (κ2) is 8.39. The molecule has 0 unspecified atom stereocenters. The molecule has 6 rings (SSSR count). The molecule has 0 N–H and O–H groups in total. The number of ether oxygens (including phenoxy) is 1. The van der Waals surface area contributed by atoms with Crippen molar-refractivity contribution < 1.29 is 4.74 Å². The first-order chi connectivity index (χ1) is 17.0. The number of anilines is 3. The molecule has 35 heavy (non-hydrogen) atoms. The molecular formula is C33H33NO. The Morgan fingerprint density at radius 1 is 0.657 bits per heavy atom. The van der Waals surface area contributed by atoms with Gasteiger partial charge in [-0.15, -0.1) is 0 Å². The summed E-state index contributed by atoms with van der Waals surface area (Å²) in [5.41, 5.74) is 9.75. The topological polar surface area (TPSA) is 12.5 Å². The quantitative estimate of drug-likeness (QED) is 0.302. The van der Waals surface area contributed by atoms with Crippen LogP contribution in [0.3, 0.4) is 0 Å². The predicted molar refractivity (Wildman–Crippen MR) is 146 cm³/mol. The van der Waals surface area contributed by atoms with Crippen LogP contribution in [-0.2, 0) is 15.9 Å². The zero-order valence-corrected chi connectivity index (χ0v) is 20.9. The number of hydrogen-bond acceptors (Lipinski definition) is 2. The maximum Gasteiger partial charge on any atom is 0.0946 e. The Balaban J connectivity index is 1.41. The first kappa shape index (κ1) is 22.1. The molecule has 176 valence electrons. The van der Waals surface area contributed by atoms with Crippen LogP contribution in [0.5, 0.6) is 0 Å². The summed E-state index contributed by atoms with van der Waals surface area (Å²) in [4.78, 5) is 2.32. The van der Waals surface area contributed by atoms with Crippen LogP contribution in [0.1, 0.15) is 56.2 Å². The van der Waals surface area contributed by atoms with Gasteiger partial charge in [0.05, 0.1) is 11.2 Å². The van der Waals surface area contributed by atoms with Gasteiger partial charge in [0.25, 0.3) is 0 Å². The smallest absolute Gasteiger partial charge is 0.0946 e. The molecule has 0 saturated heterocycles. The molecule has 1 fully saturated rings. The Morgan fingerprint density at radius 2 is 1.29 bits per heavy atom. The zero-order chi connectivity index (χ0) is 24.0. The van der Waals surface area contributed by atoms with E-state index in [0.717, 1.165) is 24.2 Å². The summed E-state index contributed by atoms with van der Waals surface area (Å²) < 4.78 is 6.73. The van der Waals surface area contributed by atoms with Crippen molar-refractivity contribution >= 4 is 17.1 Å². The van der Waals surface area contributed by atoms with E-state index in [2.05, 4.69) is 123 Å². The van der Waals surface area contributed by atoms with Gasteiger partial charge in [0, 0.05) is 17.1 Å². The van der Waals surface area contributed by atoms with Gasteiger partial charge < -0.3 is 9.64 Å². The first-order valence-electron chi connectivity index (χ1n) is 12.8. The average Bonchev–Trinajstić information content (AvgIpc) is 3.42. The fourth-order valence-corrected chi connectivity index (χ4v) is 6.24. The summed E-state index contributed by atoms with van der Waals surface area (Å²) in [6.45, 7) is 6.69. The molecule has 2 heteroatoms. The van der Waals surface area contributed by atoms with Crippen LogP contribution in [0.25, 0.3) is 11.1 Å². The van der Waals surface area contributed by atoms with E-state index in [1.165, 1.54) is 46.3 Å². The number of aryl methyl sites for hydroxylation is 1. The first-order valence-corrected chi connectivity index (χ1v) is 12.8. The zero-order valence-electron chi connectivity index (χ0n) is 20.9. The van der Waals surface area contributed by atoms with Crippen LogP contribution < -0.4 is 4.90 Å². The summed E-state index contributed by atoms with van der Waals surface area (Å²) in [5.74, 6) is 0. The fraction of sp³-hybridized carbons (Fsp3) is 0.273. The molecule has 1 aliphatic heterocycles. The molecule has 0 bridgehead atoms. The van der Waals surface area contributed by atoms with Gasteiger partial charge in [0.2, 0.25) is 0 Å². The maximum absolute atomic E-state index is 6.73. The lowest BCUT2D eigenvalue weighted by Crippen LogP contribution is -2.25. The molecule has 4 aromatic carbocycles. The molecule has 0 aromatic heterocycles. The van der Waals surface area contributed by atoms with E-state index in [1.54, 1.807) is 0 Å². The highest BCUT2D eigenvalue weighted by atomic mass is 16.5. The minimum absolute atomic E-state index is 0.0673. The van der Waals surface area contributed by atoms with Crippen molar-refractivity contribution in [2.45, 2.75) is 57.7 Å². The molecule has 1 spiro atoms. The number of benzene rings is 4. The van der Waals surface area contributed by atoms with Crippen molar-refractivity contribution in [2.75, 3.05) is 4.90 Å². The third-order valence-electron chi connectivity index (χ3n) is 7.83. The van der Waals surface area contributed by atoms with Crippen LogP contribution in [0.15, 0.2) is 97.1 Å². The summed E-state index contributed by atoms with van der Waals surface area (Å²) in [6.07, 6.45) is 4.81. The standard InChI is InChI=1S/C33H33NO/c1-24-22-28(34(26-12-6-4-7-13-26)27-14-8-5-9-15-27)17-18-29(24)25-16-19-30-31(23-25)32(2,3)35-33(30)20-10-11-21-33/h4-9,12-19,22-23H,10-11,20-21H2,1-3H3. The third-order valence-corrected chi connectivity index (χ3v) is 7.83. The Hall–Kier alpha value is -3.36. The van der Waals surface area contributed by atoms with E-state index in [-0.39, 0.29) is 11.2 Å². The Labute approximate surface area is 209 Å². The Kier molecular flexibility index (Phi) is 5.30. The largest absolute Gasteiger partial charge is 0.360 e. The molecule has 4 aromatic rings. The Bertz CT molecular complexity index is 1310. The molecule has 2 nitrogen and oxygen atoms in total. The van der Waals surface area contributed by atoms with Crippen molar-refractivity contribution in [3.05, 3.63) is 114 Å². The second-order valence-electron chi connectivity index (χ2n) is 10.6. The van der Waals surface area contributed by atoms with Gasteiger partial charge in [-0.25, -0.2) is 0 Å². The summed E-state index contributed by atoms with van der Waals surface area (Å²) in [5, 5.41) is 0. The summed E-state index contributed by atoms with van der Waals surface area (Å²) in [7, 11) is 0. The fourth-order valence-electron chi connectivity index (χ4n) is 6.24. The molecule has 0 radical (unpaired) electrons. The van der Waals surface area contributed by atoms with Crippen molar-refractivity contribution in [1.29, 1.82) is 0 Å². The monoisotopic (exact) mass is 459 g/mol. The SMILES string of the molecule is Cc1cc(N(c2ccccc2)c2ccccc2)ccc1-c1ccc2c(c1)C(C)(C)OC21CCCC1. The predicted octanol–water partition coefficient (Wildman–Crippen LogP) is 9.17. The lowest BCUT2D eigenvalue weighted by atomic mass is 9.85. The molecule has 1 aliphatic carbocycles. The van der Waals surface area contributed by atoms with Crippen molar-refractivity contribution in [2.24, 2.45) is 0 Å². The second-order valence-corrected chi connectivity index (χ2v) is 10.6. The van der Waals surface area contributed by atoms with Crippen LogP contribution in [0.2, 0.25) is 0 Å². The van der Waals surface area contributed by atoms with Gasteiger partial charge >= 0.3 is 0 Å². The van der Waals surface area contributed by atoms with Crippen molar-refractivity contribution in [1.82, 2.24) is 0 Å². The van der Waals surface area contributed by atoms with Crippen LogP contribution in [0.4, 0.5) is 17.1 Å². The van der Waals surface area contributed by atoms with E-state index in [1.807, 2.05) is 0 Å². The van der Waals surface area contributed by atoms with Gasteiger partial charge in [-0.2, -0.15) is 0 Å². The Morgan fingerprint density at radius 3 is 1.89 bits per heavy atom. The number of nitrogens with zero attached hydrogens (tertiary/aromatic N) is 1. The number of fused-ring (bicyclic) bond motifs is 2. The summed E-state index contributed by atoms with van der Waals surface area (Å²) in [6, 6.07) is 35.0. The van der Waals surface area contributed by atoms with Gasteiger partial charge in [-0.05, 0) is 104 Å². The third kappa shape index (κ3) is 3.77. The van der Waals surface area contributed by atoms with Crippen LogP contribution in [-0.4, -0.2) is 0 Å². The average molecular weight is 460 g/mol. The van der Waals surface area contributed by atoms with Gasteiger partial charge in [0.1, 0.15) is 0 Å². The van der Waals surface area contributed by atoms with Crippen LogP contribution >= 0.6 is 0 Å². The minimum Gasteiger partial charge on any atom is -0.360 e. The highest BCUT2D eigenvalue weighted by Gasteiger charge is 2.50. The number of para-hydroxylation sites is 2. The molecule has 1 heterocycles. The normalized spacial score (nSPS) is 17.5. The highest BCUT2D eigenvalue weighted by Crippen LogP contribution is 2.55.